The molecule has 0 bridgehead atoms. The van der Waals surface area contributed by atoms with Crippen molar-refractivity contribution in [1.29, 1.82) is 0 Å². The second-order valence-electron chi connectivity index (χ2n) is 15.4. The van der Waals surface area contributed by atoms with Crippen LogP contribution in [0, 0.1) is 0 Å². The molecule has 14 nitrogen and oxygen atoms in total. The van der Waals surface area contributed by atoms with Crippen molar-refractivity contribution in [3.05, 3.63) is 109 Å². The fourth-order valence-corrected chi connectivity index (χ4v) is 6.96. The van der Waals surface area contributed by atoms with E-state index in [9.17, 15) is 49.7 Å². The number of ether oxygens (including phenoxy) is 2. The first kappa shape index (κ1) is 58.5. The largest absolute Gasteiger partial charge is 0.472 e. The van der Waals surface area contributed by atoms with Crippen LogP contribution in [0.5, 0.6) is 0 Å². The lowest BCUT2D eigenvalue weighted by atomic mass is 9.85. The first-order valence-electron chi connectivity index (χ1n) is 22.8. The molecule has 0 aromatic heterocycles. The summed E-state index contributed by atoms with van der Waals surface area (Å²) >= 11 is 0. The van der Waals surface area contributed by atoms with Crippen molar-refractivity contribution in [3.63, 3.8) is 0 Å². The molecule has 362 valence electrons. The molecule has 1 rings (SSSR count). The highest BCUT2D eigenvalue weighted by molar-refractivity contribution is 7.47. The second kappa shape index (κ2) is 37.7. The first-order valence-corrected chi connectivity index (χ1v) is 24.3. The molecule has 0 saturated heterocycles. The van der Waals surface area contributed by atoms with Gasteiger partial charge in [0.25, 0.3) is 0 Å². The Balaban J connectivity index is 2.59. The summed E-state index contributed by atoms with van der Waals surface area (Å²) in [5, 5.41) is 60.2. The molecule has 0 radical (unpaired) electrons. The fourth-order valence-electron chi connectivity index (χ4n) is 5.99. The zero-order valence-corrected chi connectivity index (χ0v) is 38.8. The minimum absolute atomic E-state index is 0.0108. The van der Waals surface area contributed by atoms with Crippen LogP contribution in [-0.4, -0.2) is 110 Å². The highest BCUT2D eigenvalue weighted by atomic mass is 31.2. The number of aliphatic hydroxyl groups is 6. The van der Waals surface area contributed by atoms with Gasteiger partial charge in [-0.3, -0.25) is 18.6 Å². The standard InChI is InChI=1S/C49H77O14P/c1-3-5-7-9-11-12-13-14-15-16-17-18-19-20-25-29-33-37-43(52)62-41(39-61-64(58,59)63-49-47(56)45(54)44(53)46(55)48(49)57)38-60-42(51)36-32-28-24-22-21-23-27-31-35-40(50)34-30-26-10-8-6-4-2/h6,8,11-12,14-15,17-18,20,22-27,30-31,35,40-41,44-50,53-57H,3-5,7,9-10,13,16,19,21,28-29,32-34,36-39H2,1-2H3,(H,58,59)/b8-6-,12-11-,15-14-,18-17-,24-22-,25-20-,27-23-,30-26-,35-31+/t40?,41-,44?,45-,46+,47-,48-,49?/m1/s1. The zero-order chi connectivity index (χ0) is 47.3. The smallest absolute Gasteiger partial charge is 0.462 e. The summed E-state index contributed by atoms with van der Waals surface area (Å²) in [6.45, 7) is 2.96. The van der Waals surface area contributed by atoms with Crippen LogP contribution in [0.15, 0.2) is 109 Å². The fraction of sp³-hybridized carbons (Fsp3) is 0.592. The summed E-state index contributed by atoms with van der Waals surface area (Å²) in [4.78, 5) is 35.7. The third kappa shape index (κ3) is 29.8. The van der Waals surface area contributed by atoms with Crippen LogP contribution in [0.3, 0.4) is 0 Å². The lowest BCUT2D eigenvalue weighted by Gasteiger charge is -2.41. The quantitative estimate of drug-likeness (QED) is 0.0106. The normalized spacial score (nSPS) is 23.1. The highest BCUT2D eigenvalue weighted by Gasteiger charge is 2.51. The first-order chi connectivity index (χ1) is 30.8. The molecule has 9 atom stereocenters. The van der Waals surface area contributed by atoms with Crippen LogP contribution >= 0.6 is 7.82 Å². The summed E-state index contributed by atoms with van der Waals surface area (Å²) in [6.07, 6.45) is 34.6. The summed E-state index contributed by atoms with van der Waals surface area (Å²) < 4.78 is 33.3. The second-order valence-corrected chi connectivity index (χ2v) is 16.8. The summed E-state index contributed by atoms with van der Waals surface area (Å²) in [5.41, 5.74) is 0. The topological polar surface area (TPSA) is 230 Å². The van der Waals surface area contributed by atoms with Gasteiger partial charge in [0.2, 0.25) is 0 Å². The number of allylic oxidation sites excluding steroid dienone is 16. The molecule has 0 aromatic carbocycles. The predicted octanol–water partition coefficient (Wildman–Crippen LogP) is 7.80. The van der Waals surface area contributed by atoms with Crippen molar-refractivity contribution in [1.82, 2.24) is 0 Å². The van der Waals surface area contributed by atoms with E-state index in [-0.39, 0.29) is 12.8 Å². The van der Waals surface area contributed by atoms with E-state index in [2.05, 4.69) is 62.5 Å². The molecule has 0 heterocycles. The van der Waals surface area contributed by atoms with E-state index in [0.29, 0.717) is 38.5 Å². The van der Waals surface area contributed by atoms with Crippen LogP contribution in [0.4, 0.5) is 0 Å². The number of phosphoric ester groups is 1. The average Bonchev–Trinajstić information content (AvgIpc) is 3.27. The molecular formula is C49H77O14P. The van der Waals surface area contributed by atoms with Crippen molar-refractivity contribution < 1.29 is 68.2 Å². The molecule has 64 heavy (non-hydrogen) atoms. The third-order valence-electron chi connectivity index (χ3n) is 9.68. The van der Waals surface area contributed by atoms with Crippen molar-refractivity contribution in [2.24, 2.45) is 0 Å². The Bertz CT molecular complexity index is 1550. The summed E-state index contributed by atoms with van der Waals surface area (Å²) in [7, 11) is -5.17. The van der Waals surface area contributed by atoms with Gasteiger partial charge >= 0.3 is 19.8 Å². The van der Waals surface area contributed by atoms with Crippen LogP contribution in [0.1, 0.15) is 123 Å². The van der Waals surface area contributed by atoms with Gasteiger partial charge in [-0.05, 0) is 83.5 Å². The van der Waals surface area contributed by atoms with Crippen molar-refractivity contribution in [2.75, 3.05) is 13.2 Å². The molecule has 1 aliphatic carbocycles. The van der Waals surface area contributed by atoms with Crippen molar-refractivity contribution in [2.45, 2.75) is 172 Å². The SMILES string of the molecule is CC/C=C\C/C=C\CC(O)/C=C/C=C\C/C=C\CCCC(=O)OC[C@H](COP(=O)(O)OC1[C@H](O)[C@H](O)C(O)[C@H](O)[C@H]1O)OC(=O)CCC/C=C\C/C=C\C/C=C\C/C=C\CCCCC. The Hall–Kier alpha value is -3.53. The number of carbonyl (C=O) groups excluding carboxylic acids is 2. The highest BCUT2D eigenvalue weighted by Crippen LogP contribution is 2.47. The zero-order valence-electron chi connectivity index (χ0n) is 37.9. The summed E-state index contributed by atoms with van der Waals surface area (Å²) in [5.74, 6) is -1.29. The monoisotopic (exact) mass is 921 g/mol. The number of hydrogen-bond donors (Lipinski definition) is 7. The molecule has 4 unspecified atom stereocenters. The lowest BCUT2D eigenvalue weighted by Crippen LogP contribution is -2.64. The Labute approximate surface area is 381 Å². The lowest BCUT2D eigenvalue weighted by molar-refractivity contribution is -0.220. The molecule has 0 spiro atoms. The van der Waals surface area contributed by atoms with Crippen LogP contribution in [0.25, 0.3) is 0 Å². The van der Waals surface area contributed by atoms with Gasteiger partial charge in [-0.15, -0.1) is 0 Å². The molecule has 7 N–H and O–H groups in total. The summed E-state index contributed by atoms with van der Waals surface area (Å²) in [6, 6.07) is 0. The van der Waals surface area contributed by atoms with Crippen LogP contribution in [-0.2, 0) is 32.7 Å². The maximum absolute atomic E-state index is 12.8. The number of rotatable bonds is 35. The van der Waals surface area contributed by atoms with Gasteiger partial charge in [-0.25, -0.2) is 4.57 Å². The minimum Gasteiger partial charge on any atom is -0.462 e. The van der Waals surface area contributed by atoms with E-state index in [1.807, 2.05) is 48.6 Å². The number of phosphoric acid groups is 1. The Morgan fingerprint density at radius 1 is 0.578 bits per heavy atom. The van der Waals surface area contributed by atoms with E-state index in [1.54, 1.807) is 12.2 Å². The molecule has 1 fully saturated rings. The van der Waals surface area contributed by atoms with Gasteiger partial charge in [0.15, 0.2) is 6.10 Å². The molecule has 0 aliphatic heterocycles. The van der Waals surface area contributed by atoms with Crippen LogP contribution in [0.2, 0.25) is 0 Å². The molecule has 0 amide bonds. The Kier molecular flexibility index (Phi) is 34.4. The van der Waals surface area contributed by atoms with Crippen molar-refractivity contribution in [3.8, 4) is 0 Å². The Morgan fingerprint density at radius 2 is 1.06 bits per heavy atom. The number of aliphatic hydroxyl groups excluding tert-OH is 6. The minimum atomic E-state index is -5.17. The van der Waals surface area contributed by atoms with Crippen LogP contribution < -0.4 is 0 Å². The van der Waals surface area contributed by atoms with E-state index < -0.39 is 81.8 Å². The maximum atomic E-state index is 12.8. The van der Waals surface area contributed by atoms with Gasteiger partial charge in [0, 0.05) is 12.8 Å². The third-order valence-corrected chi connectivity index (χ3v) is 10.7. The molecular weight excluding hydrogens is 843 g/mol. The number of hydrogen-bond acceptors (Lipinski definition) is 13. The number of carbonyl (C=O) groups is 2. The Morgan fingerprint density at radius 3 is 1.62 bits per heavy atom. The molecule has 15 heteroatoms. The van der Waals surface area contributed by atoms with E-state index in [4.69, 9.17) is 18.5 Å². The van der Waals surface area contributed by atoms with Crippen molar-refractivity contribution >= 4 is 19.8 Å². The van der Waals surface area contributed by atoms with Gasteiger partial charge in [-0.2, -0.15) is 0 Å². The predicted molar refractivity (Wildman–Crippen MR) is 250 cm³/mol. The van der Waals surface area contributed by atoms with E-state index >= 15 is 0 Å². The molecule has 0 aromatic rings. The number of unbranched alkanes of at least 4 members (excludes halogenated alkanes) is 5. The maximum Gasteiger partial charge on any atom is 0.472 e. The van der Waals surface area contributed by atoms with Gasteiger partial charge in [-0.1, -0.05) is 136 Å². The number of esters is 2. The van der Waals surface area contributed by atoms with Gasteiger partial charge < -0.3 is 45.0 Å². The van der Waals surface area contributed by atoms with Gasteiger partial charge in [0.05, 0.1) is 12.7 Å². The average molecular weight is 921 g/mol. The van der Waals surface area contributed by atoms with Gasteiger partial charge in [0.1, 0.15) is 43.2 Å². The van der Waals surface area contributed by atoms with E-state index in [1.165, 1.54) is 19.3 Å². The van der Waals surface area contributed by atoms with E-state index in [0.717, 1.165) is 38.5 Å². The molecule has 1 aliphatic rings. The molecule has 1 saturated carbocycles.